The summed E-state index contributed by atoms with van der Waals surface area (Å²) in [5.74, 6) is -1.10. The van der Waals surface area contributed by atoms with Gasteiger partial charge in [0.1, 0.15) is 0 Å². The number of urea groups is 1. The van der Waals surface area contributed by atoms with Crippen molar-refractivity contribution in [3.63, 3.8) is 0 Å². The summed E-state index contributed by atoms with van der Waals surface area (Å²) >= 11 is 0. The molecule has 0 aromatic heterocycles. The van der Waals surface area contributed by atoms with Crippen LogP contribution in [-0.4, -0.2) is 55.1 Å². The second-order valence-electron chi connectivity index (χ2n) is 5.49. The van der Waals surface area contributed by atoms with Crippen molar-refractivity contribution in [3.8, 4) is 0 Å². The van der Waals surface area contributed by atoms with E-state index in [4.69, 9.17) is 4.74 Å². The predicted molar refractivity (Wildman–Crippen MR) is 90.0 cm³/mol. The van der Waals surface area contributed by atoms with E-state index < -0.39 is 24.0 Å². The maximum absolute atomic E-state index is 12.2. The van der Waals surface area contributed by atoms with E-state index in [1.165, 1.54) is 6.92 Å². The van der Waals surface area contributed by atoms with E-state index in [-0.39, 0.29) is 6.54 Å². The zero-order chi connectivity index (χ0) is 17.7. The summed E-state index contributed by atoms with van der Waals surface area (Å²) in [6, 6.07) is 6.60. The lowest BCUT2D eigenvalue weighted by atomic mass is 10.2. The van der Waals surface area contributed by atoms with E-state index in [0.717, 1.165) is 23.7 Å². The van der Waals surface area contributed by atoms with Crippen LogP contribution in [0.25, 0.3) is 0 Å². The molecule has 1 saturated heterocycles. The van der Waals surface area contributed by atoms with Crippen LogP contribution in [0.4, 0.5) is 10.5 Å². The van der Waals surface area contributed by atoms with E-state index in [1.807, 2.05) is 12.1 Å². The number of hydrogen-bond donors (Lipinski definition) is 1. The highest BCUT2D eigenvalue weighted by Crippen LogP contribution is 2.16. The van der Waals surface area contributed by atoms with Gasteiger partial charge in [-0.15, -0.1) is 0 Å². The van der Waals surface area contributed by atoms with E-state index in [1.54, 1.807) is 12.1 Å². The van der Waals surface area contributed by atoms with Crippen LogP contribution in [0.3, 0.4) is 0 Å². The van der Waals surface area contributed by atoms with Crippen LogP contribution >= 0.6 is 0 Å². The number of anilines is 1. The number of benzene rings is 1. The number of amides is 3. The van der Waals surface area contributed by atoms with Crippen LogP contribution in [-0.2, 0) is 9.53 Å². The Hall–Kier alpha value is -2.57. The fourth-order valence-corrected chi connectivity index (χ4v) is 2.58. The monoisotopic (exact) mass is 333 g/mol. The normalized spacial score (nSPS) is 15.0. The van der Waals surface area contributed by atoms with Crippen molar-refractivity contribution in [2.24, 2.45) is 0 Å². The standard InChI is InChI=1S/C17H23N3O4/c1-4-19(5-2)14-8-6-13(7-9-14)16(22)24-12(3)15(21)20-11-10-18-17(20)23/h6-9,12H,4-5,10-11H2,1-3H3,(H,18,23). The fourth-order valence-electron chi connectivity index (χ4n) is 2.58. The molecule has 130 valence electrons. The molecule has 1 aliphatic rings. The van der Waals surface area contributed by atoms with Gasteiger partial charge in [-0.25, -0.2) is 9.59 Å². The molecule has 24 heavy (non-hydrogen) atoms. The summed E-state index contributed by atoms with van der Waals surface area (Å²) in [6.45, 7) is 8.06. The largest absolute Gasteiger partial charge is 0.449 e. The summed E-state index contributed by atoms with van der Waals surface area (Å²) in [5.41, 5.74) is 1.39. The Bertz CT molecular complexity index is 611. The van der Waals surface area contributed by atoms with Gasteiger partial charge in [0.15, 0.2) is 6.10 Å². The highest BCUT2D eigenvalue weighted by atomic mass is 16.5. The molecule has 0 aliphatic carbocycles. The number of esters is 1. The molecule has 0 bridgehead atoms. The number of carbonyl (C=O) groups is 3. The molecule has 7 heteroatoms. The third-order valence-corrected chi connectivity index (χ3v) is 3.99. The van der Waals surface area contributed by atoms with Gasteiger partial charge in [0.2, 0.25) is 0 Å². The number of ether oxygens (including phenoxy) is 1. The second kappa shape index (κ2) is 7.81. The van der Waals surface area contributed by atoms with Gasteiger partial charge in [-0.1, -0.05) is 0 Å². The highest BCUT2D eigenvalue weighted by molar-refractivity contribution is 5.99. The van der Waals surface area contributed by atoms with Crippen LogP contribution in [0, 0.1) is 0 Å². The summed E-state index contributed by atoms with van der Waals surface area (Å²) in [7, 11) is 0. The van der Waals surface area contributed by atoms with E-state index in [9.17, 15) is 14.4 Å². The van der Waals surface area contributed by atoms with Gasteiger partial charge >= 0.3 is 12.0 Å². The molecule has 1 heterocycles. The van der Waals surface area contributed by atoms with E-state index in [0.29, 0.717) is 12.1 Å². The molecule has 1 aromatic rings. The van der Waals surface area contributed by atoms with Gasteiger partial charge in [-0.3, -0.25) is 9.69 Å². The number of nitrogens with one attached hydrogen (secondary N) is 1. The van der Waals surface area contributed by atoms with Gasteiger partial charge in [0.25, 0.3) is 5.91 Å². The Labute approximate surface area is 141 Å². The SMILES string of the molecule is CCN(CC)c1ccc(C(=O)OC(C)C(=O)N2CCNC2=O)cc1. The zero-order valence-electron chi connectivity index (χ0n) is 14.2. The van der Waals surface area contributed by atoms with Crippen molar-refractivity contribution in [2.45, 2.75) is 26.9 Å². The number of carbonyl (C=O) groups excluding carboxylic acids is 3. The Morgan fingerprint density at radius 2 is 1.88 bits per heavy atom. The van der Waals surface area contributed by atoms with Gasteiger partial charge < -0.3 is 15.0 Å². The molecule has 1 N–H and O–H groups in total. The molecule has 0 saturated carbocycles. The lowest BCUT2D eigenvalue weighted by Gasteiger charge is -2.21. The van der Waals surface area contributed by atoms with Crippen molar-refractivity contribution in [1.82, 2.24) is 10.2 Å². The first-order valence-corrected chi connectivity index (χ1v) is 8.13. The molecule has 2 rings (SSSR count). The van der Waals surface area contributed by atoms with Crippen LogP contribution in [0.15, 0.2) is 24.3 Å². The van der Waals surface area contributed by atoms with Crippen molar-refractivity contribution in [3.05, 3.63) is 29.8 Å². The van der Waals surface area contributed by atoms with Crippen molar-refractivity contribution >= 4 is 23.6 Å². The van der Waals surface area contributed by atoms with Gasteiger partial charge in [0.05, 0.1) is 5.56 Å². The second-order valence-corrected chi connectivity index (χ2v) is 5.49. The molecule has 1 atom stereocenters. The molecule has 3 amide bonds. The number of nitrogens with zero attached hydrogens (tertiary/aromatic N) is 2. The zero-order valence-corrected chi connectivity index (χ0v) is 14.2. The smallest absolute Gasteiger partial charge is 0.338 e. The van der Waals surface area contributed by atoms with Crippen molar-refractivity contribution in [2.75, 3.05) is 31.1 Å². The van der Waals surface area contributed by atoms with E-state index in [2.05, 4.69) is 24.1 Å². The summed E-state index contributed by atoms with van der Waals surface area (Å²) < 4.78 is 5.19. The Morgan fingerprint density at radius 3 is 2.38 bits per heavy atom. The minimum Gasteiger partial charge on any atom is -0.449 e. The quantitative estimate of drug-likeness (QED) is 0.801. The molecule has 1 unspecified atom stereocenters. The maximum Gasteiger partial charge on any atom is 0.338 e. The highest BCUT2D eigenvalue weighted by Gasteiger charge is 2.31. The van der Waals surface area contributed by atoms with Crippen LogP contribution < -0.4 is 10.2 Å². The lowest BCUT2D eigenvalue weighted by molar-refractivity contribution is -0.136. The Balaban J connectivity index is 1.98. The lowest BCUT2D eigenvalue weighted by Crippen LogP contribution is -2.41. The summed E-state index contributed by atoms with van der Waals surface area (Å²) in [6.07, 6.45) is -1.01. The van der Waals surface area contributed by atoms with Gasteiger partial charge in [-0.05, 0) is 45.0 Å². The number of rotatable bonds is 6. The first kappa shape index (κ1) is 17.8. The molecule has 7 nitrogen and oxygen atoms in total. The third kappa shape index (κ3) is 3.84. The van der Waals surface area contributed by atoms with Crippen LogP contribution in [0.1, 0.15) is 31.1 Å². The van der Waals surface area contributed by atoms with Crippen molar-refractivity contribution < 1.29 is 19.1 Å². The number of imide groups is 1. The average molecular weight is 333 g/mol. The summed E-state index contributed by atoms with van der Waals surface area (Å²) in [4.78, 5) is 39.0. The van der Waals surface area contributed by atoms with Gasteiger partial charge in [-0.2, -0.15) is 0 Å². The number of hydrogen-bond acceptors (Lipinski definition) is 5. The first-order chi connectivity index (χ1) is 11.5. The predicted octanol–water partition coefficient (Wildman–Crippen LogP) is 1.63. The molecule has 1 aromatic carbocycles. The Kier molecular flexibility index (Phi) is 5.78. The Morgan fingerprint density at radius 1 is 1.25 bits per heavy atom. The minimum absolute atomic E-state index is 0.290. The molecule has 1 aliphatic heterocycles. The molecular weight excluding hydrogens is 310 g/mol. The molecule has 0 radical (unpaired) electrons. The van der Waals surface area contributed by atoms with E-state index >= 15 is 0 Å². The fraction of sp³-hybridized carbons (Fsp3) is 0.471. The summed E-state index contributed by atoms with van der Waals surface area (Å²) in [5, 5.41) is 2.54. The molecule has 1 fully saturated rings. The van der Waals surface area contributed by atoms with Crippen LogP contribution in [0.2, 0.25) is 0 Å². The van der Waals surface area contributed by atoms with Crippen LogP contribution in [0.5, 0.6) is 0 Å². The molecule has 0 spiro atoms. The third-order valence-electron chi connectivity index (χ3n) is 3.99. The first-order valence-electron chi connectivity index (χ1n) is 8.13. The maximum atomic E-state index is 12.2. The van der Waals surface area contributed by atoms with Gasteiger partial charge in [0, 0.05) is 31.9 Å². The molecular formula is C17H23N3O4. The minimum atomic E-state index is -1.01. The average Bonchev–Trinajstić information content (AvgIpc) is 3.01. The van der Waals surface area contributed by atoms with Crippen molar-refractivity contribution in [1.29, 1.82) is 0 Å². The topological polar surface area (TPSA) is 79.0 Å².